The van der Waals surface area contributed by atoms with Gasteiger partial charge in [-0.1, -0.05) is 45.0 Å². The van der Waals surface area contributed by atoms with Gasteiger partial charge in [0.1, 0.15) is 0 Å². The molecule has 2 rings (SSSR count). The van der Waals surface area contributed by atoms with Crippen molar-refractivity contribution in [2.45, 2.75) is 46.1 Å². The van der Waals surface area contributed by atoms with E-state index in [-0.39, 0.29) is 11.5 Å². The molecule has 2 aromatic rings. The molecule has 2 nitrogen and oxygen atoms in total. The standard InChI is InChI=1S/C19H26N2/c1-13-11-16(12-14(2)21-13)18(20-6)15-7-9-17(10-8-15)19(3,4)5/h7-12,18,20H,1-6H3. The summed E-state index contributed by atoms with van der Waals surface area (Å²) in [7, 11) is 2.01. The number of aryl methyl sites for hydroxylation is 2. The van der Waals surface area contributed by atoms with E-state index in [0.29, 0.717) is 0 Å². The zero-order valence-electron chi connectivity index (χ0n) is 14.0. The van der Waals surface area contributed by atoms with Gasteiger partial charge in [-0.25, -0.2) is 0 Å². The number of benzene rings is 1. The lowest BCUT2D eigenvalue weighted by Gasteiger charge is -2.22. The summed E-state index contributed by atoms with van der Waals surface area (Å²) >= 11 is 0. The Morgan fingerprint density at radius 1 is 0.905 bits per heavy atom. The Labute approximate surface area is 128 Å². The topological polar surface area (TPSA) is 24.9 Å². The Balaban J connectivity index is 2.37. The molecule has 0 aliphatic rings. The van der Waals surface area contributed by atoms with Crippen LogP contribution in [-0.2, 0) is 5.41 Å². The number of nitrogens with one attached hydrogen (secondary N) is 1. The van der Waals surface area contributed by atoms with Crippen molar-refractivity contribution >= 4 is 0 Å². The van der Waals surface area contributed by atoms with Gasteiger partial charge in [0, 0.05) is 11.4 Å². The molecule has 0 aliphatic heterocycles. The van der Waals surface area contributed by atoms with Gasteiger partial charge in [-0.15, -0.1) is 0 Å². The first kappa shape index (κ1) is 15.7. The van der Waals surface area contributed by atoms with Crippen LogP contribution < -0.4 is 5.32 Å². The van der Waals surface area contributed by atoms with E-state index in [1.165, 1.54) is 16.7 Å². The van der Waals surface area contributed by atoms with Crippen molar-refractivity contribution in [1.82, 2.24) is 10.3 Å². The van der Waals surface area contributed by atoms with E-state index >= 15 is 0 Å². The molecule has 1 heterocycles. The Kier molecular flexibility index (Phi) is 4.48. The monoisotopic (exact) mass is 282 g/mol. The third-order valence-electron chi connectivity index (χ3n) is 3.84. The Bertz CT molecular complexity index is 586. The number of hydrogen-bond acceptors (Lipinski definition) is 2. The Morgan fingerprint density at radius 3 is 1.86 bits per heavy atom. The maximum Gasteiger partial charge on any atom is 0.0575 e. The second kappa shape index (κ2) is 5.98. The number of pyridine rings is 1. The number of rotatable bonds is 3. The van der Waals surface area contributed by atoms with Crippen LogP contribution in [0, 0.1) is 13.8 Å². The van der Waals surface area contributed by atoms with E-state index in [4.69, 9.17) is 0 Å². The zero-order valence-corrected chi connectivity index (χ0v) is 14.0. The second-order valence-electron chi connectivity index (χ2n) is 6.78. The SMILES string of the molecule is CNC(c1ccc(C(C)(C)C)cc1)c1cc(C)nc(C)c1. The van der Waals surface area contributed by atoms with Gasteiger partial charge in [-0.05, 0) is 55.1 Å². The van der Waals surface area contributed by atoms with Crippen molar-refractivity contribution in [3.05, 3.63) is 64.5 Å². The van der Waals surface area contributed by atoms with Gasteiger partial charge in [0.2, 0.25) is 0 Å². The van der Waals surface area contributed by atoms with Gasteiger partial charge >= 0.3 is 0 Å². The summed E-state index contributed by atoms with van der Waals surface area (Å²) < 4.78 is 0. The lowest BCUT2D eigenvalue weighted by molar-refractivity contribution is 0.589. The highest BCUT2D eigenvalue weighted by molar-refractivity contribution is 5.36. The maximum atomic E-state index is 4.46. The van der Waals surface area contributed by atoms with Crippen LogP contribution in [-0.4, -0.2) is 12.0 Å². The van der Waals surface area contributed by atoms with Gasteiger partial charge in [-0.3, -0.25) is 4.98 Å². The molecule has 0 saturated heterocycles. The summed E-state index contributed by atoms with van der Waals surface area (Å²) in [6, 6.07) is 13.5. The Hall–Kier alpha value is -1.67. The van der Waals surface area contributed by atoms with Crippen molar-refractivity contribution in [2.75, 3.05) is 7.05 Å². The van der Waals surface area contributed by atoms with Crippen LogP contribution in [0.25, 0.3) is 0 Å². The van der Waals surface area contributed by atoms with Crippen molar-refractivity contribution in [1.29, 1.82) is 0 Å². The molecular formula is C19H26N2. The fourth-order valence-corrected chi connectivity index (χ4v) is 2.73. The van der Waals surface area contributed by atoms with E-state index < -0.39 is 0 Å². The molecule has 0 aliphatic carbocycles. The van der Waals surface area contributed by atoms with Crippen molar-refractivity contribution in [3.63, 3.8) is 0 Å². The highest BCUT2D eigenvalue weighted by atomic mass is 14.9. The molecule has 0 amide bonds. The summed E-state index contributed by atoms with van der Waals surface area (Å²) in [6.07, 6.45) is 0. The van der Waals surface area contributed by atoms with Crippen LogP contribution in [0.5, 0.6) is 0 Å². The van der Waals surface area contributed by atoms with Gasteiger partial charge in [-0.2, -0.15) is 0 Å². The minimum Gasteiger partial charge on any atom is -0.309 e. The predicted octanol–water partition coefficient (Wildman–Crippen LogP) is 4.30. The molecule has 2 heteroatoms. The number of nitrogens with zero attached hydrogens (tertiary/aromatic N) is 1. The molecule has 1 aromatic heterocycles. The van der Waals surface area contributed by atoms with Crippen molar-refractivity contribution in [2.24, 2.45) is 0 Å². The Morgan fingerprint density at radius 2 is 1.43 bits per heavy atom. The lowest BCUT2D eigenvalue weighted by Crippen LogP contribution is -2.19. The molecule has 0 bridgehead atoms. The van der Waals surface area contributed by atoms with Crippen LogP contribution in [0.2, 0.25) is 0 Å². The molecular weight excluding hydrogens is 256 g/mol. The molecule has 1 aromatic carbocycles. The molecule has 0 saturated carbocycles. The van der Waals surface area contributed by atoms with E-state index in [0.717, 1.165) is 11.4 Å². The van der Waals surface area contributed by atoms with Gasteiger partial charge in [0.15, 0.2) is 0 Å². The molecule has 1 N–H and O–H groups in total. The van der Waals surface area contributed by atoms with Crippen molar-refractivity contribution in [3.8, 4) is 0 Å². The van der Waals surface area contributed by atoms with Crippen LogP contribution in [0.4, 0.5) is 0 Å². The van der Waals surface area contributed by atoms with Gasteiger partial charge in [0.25, 0.3) is 0 Å². The van der Waals surface area contributed by atoms with Crippen LogP contribution in [0.15, 0.2) is 36.4 Å². The smallest absolute Gasteiger partial charge is 0.0575 e. The second-order valence-corrected chi connectivity index (χ2v) is 6.78. The third kappa shape index (κ3) is 3.70. The summed E-state index contributed by atoms with van der Waals surface area (Å²) in [6.45, 7) is 10.8. The summed E-state index contributed by atoms with van der Waals surface area (Å²) in [5.74, 6) is 0. The lowest BCUT2D eigenvalue weighted by atomic mass is 9.86. The largest absolute Gasteiger partial charge is 0.309 e. The van der Waals surface area contributed by atoms with Gasteiger partial charge in [0.05, 0.1) is 6.04 Å². The molecule has 112 valence electrons. The summed E-state index contributed by atoms with van der Waals surface area (Å²) in [5, 5.41) is 3.42. The highest BCUT2D eigenvalue weighted by Gasteiger charge is 2.16. The van der Waals surface area contributed by atoms with E-state index in [1.807, 2.05) is 20.9 Å². The first-order valence-corrected chi connectivity index (χ1v) is 7.54. The fraction of sp³-hybridized carbons (Fsp3) is 0.421. The number of hydrogen-bond donors (Lipinski definition) is 1. The molecule has 0 radical (unpaired) electrons. The molecule has 0 spiro atoms. The minimum atomic E-state index is 0.192. The van der Waals surface area contributed by atoms with E-state index in [1.54, 1.807) is 0 Å². The highest BCUT2D eigenvalue weighted by Crippen LogP contribution is 2.27. The van der Waals surface area contributed by atoms with Crippen LogP contribution in [0.3, 0.4) is 0 Å². The molecule has 1 unspecified atom stereocenters. The summed E-state index contributed by atoms with van der Waals surface area (Å²) in [5.41, 5.74) is 6.25. The average molecular weight is 282 g/mol. The minimum absolute atomic E-state index is 0.192. The quantitative estimate of drug-likeness (QED) is 0.907. The first-order valence-electron chi connectivity index (χ1n) is 7.54. The average Bonchev–Trinajstić information content (AvgIpc) is 2.38. The first-order chi connectivity index (χ1) is 9.81. The summed E-state index contributed by atoms with van der Waals surface area (Å²) in [4.78, 5) is 4.46. The molecule has 0 fully saturated rings. The van der Waals surface area contributed by atoms with E-state index in [2.05, 4.69) is 67.5 Å². The zero-order chi connectivity index (χ0) is 15.6. The molecule has 21 heavy (non-hydrogen) atoms. The predicted molar refractivity (Wildman–Crippen MR) is 89.8 cm³/mol. The third-order valence-corrected chi connectivity index (χ3v) is 3.84. The van der Waals surface area contributed by atoms with Crippen LogP contribution >= 0.6 is 0 Å². The van der Waals surface area contributed by atoms with E-state index in [9.17, 15) is 0 Å². The fourth-order valence-electron chi connectivity index (χ4n) is 2.73. The van der Waals surface area contributed by atoms with Crippen molar-refractivity contribution < 1.29 is 0 Å². The molecule has 1 atom stereocenters. The number of aromatic nitrogens is 1. The maximum absolute atomic E-state index is 4.46. The normalized spacial score (nSPS) is 13.2. The van der Waals surface area contributed by atoms with Crippen LogP contribution in [0.1, 0.15) is 54.9 Å². The van der Waals surface area contributed by atoms with Gasteiger partial charge < -0.3 is 5.32 Å².